The van der Waals surface area contributed by atoms with Gasteiger partial charge < -0.3 is 20.3 Å². The number of ether oxygens (including phenoxy) is 2. The molecule has 0 fully saturated rings. The fourth-order valence-corrected chi connectivity index (χ4v) is 3.48. The normalized spacial score (nSPS) is 10.7. The van der Waals surface area contributed by atoms with E-state index in [9.17, 15) is 9.18 Å². The smallest absolute Gasteiger partial charge is 0.303 e. The molecular formula is C36H54FNO4. The first-order valence-electron chi connectivity index (χ1n) is 14.7. The van der Waals surface area contributed by atoms with Crippen LogP contribution in [0.15, 0.2) is 66.7 Å². The van der Waals surface area contributed by atoms with Crippen LogP contribution in [0, 0.1) is 5.82 Å². The Labute approximate surface area is 254 Å². The first-order chi connectivity index (χ1) is 19.5. The van der Waals surface area contributed by atoms with Crippen molar-refractivity contribution in [2.45, 2.75) is 98.8 Å². The quantitative estimate of drug-likeness (QED) is 0.214. The number of carbonyl (C=O) groups is 1. The Kier molecular flexibility index (Phi) is 17.2. The van der Waals surface area contributed by atoms with Gasteiger partial charge in [-0.3, -0.25) is 4.79 Å². The Bertz CT molecular complexity index is 1160. The summed E-state index contributed by atoms with van der Waals surface area (Å²) < 4.78 is 23.5. The lowest BCUT2D eigenvalue weighted by Crippen LogP contribution is -2.11. The number of aliphatic carboxylic acids is 1. The van der Waals surface area contributed by atoms with Crippen LogP contribution in [-0.4, -0.2) is 24.8 Å². The largest absolute Gasteiger partial charge is 0.494 e. The van der Waals surface area contributed by atoms with Gasteiger partial charge >= 0.3 is 5.97 Å². The van der Waals surface area contributed by atoms with Crippen molar-refractivity contribution < 1.29 is 23.8 Å². The summed E-state index contributed by atoms with van der Waals surface area (Å²) in [4.78, 5) is 10.3. The van der Waals surface area contributed by atoms with Crippen LogP contribution in [0.25, 0.3) is 0 Å². The molecule has 0 unspecified atom stereocenters. The van der Waals surface area contributed by atoms with Crippen molar-refractivity contribution in [2.24, 2.45) is 0 Å². The van der Waals surface area contributed by atoms with Crippen LogP contribution in [0.4, 0.5) is 10.1 Å². The van der Waals surface area contributed by atoms with Gasteiger partial charge in [0.15, 0.2) is 11.6 Å². The van der Waals surface area contributed by atoms with Crippen molar-refractivity contribution in [1.29, 1.82) is 0 Å². The maximum absolute atomic E-state index is 13.3. The van der Waals surface area contributed by atoms with E-state index >= 15 is 0 Å². The van der Waals surface area contributed by atoms with Crippen molar-refractivity contribution >= 4 is 11.7 Å². The number of nitrogens with two attached hydrogens (primary N) is 1. The second-order valence-electron chi connectivity index (χ2n) is 12.0. The third-order valence-corrected chi connectivity index (χ3v) is 6.15. The zero-order chi connectivity index (χ0) is 32.5. The number of carboxylic acids is 1. The molecule has 3 aromatic rings. The second kappa shape index (κ2) is 18.8. The van der Waals surface area contributed by atoms with Crippen LogP contribution in [-0.2, 0) is 15.6 Å². The van der Waals surface area contributed by atoms with Gasteiger partial charge in [-0.25, -0.2) is 4.39 Å². The van der Waals surface area contributed by atoms with Crippen LogP contribution >= 0.6 is 0 Å². The highest BCUT2D eigenvalue weighted by Crippen LogP contribution is 2.26. The molecule has 3 rings (SSSR count). The average molecular weight is 584 g/mol. The number of benzene rings is 3. The number of methoxy groups -OCH3 is 1. The predicted molar refractivity (Wildman–Crippen MR) is 175 cm³/mol. The van der Waals surface area contributed by atoms with E-state index < -0.39 is 5.97 Å². The molecule has 234 valence electrons. The molecule has 0 saturated heterocycles. The van der Waals surface area contributed by atoms with Crippen molar-refractivity contribution in [3.8, 4) is 11.5 Å². The SMILES string of the molecule is CC.CC(C)(C)c1ccc(N)cc1.CC(C)c1ccc(OCCCC(=O)O)cc1.COc1ccc(C(C)(C)C)cc1F. The fraction of sp³-hybridized carbons (Fsp3) is 0.472. The highest BCUT2D eigenvalue weighted by atomic mass is 19.1. The maximum atomic E-state index is 13.3. The third kappa shape index (κ3) is 15.5. The van der Waals surface area contributed by atoms with E-state index in [1.54, 1.807) is 6.07 Å². The highest BCUT2D eigenvalue weighted by Gasteiger charge is 2.15. The van der Waals surface area contributed by atoms with Gasteiger partial charge in [0.2, 0.25) is 0 Å². The topological polar surface area (TPSA) is 81.8 Å². The number of hydrogen-bond acceptors (Lipinski definition) is 4. The maximum Gasteiger partial charge on any atom is 0.303 e. The van der Waals surface area contributed by atoms with Crippen LogP contribution in [0.3, 0.4) is 0 Å². The molecule has 6 heteroatoms. The van der Waals surface area contributed by atoms with E-state index in [1.165, 1.54) is 24.3 Å². The lowest BCUT2D eigenvalue weighted by Gasteiger charge is -2.19. The number of nitrogen functional groups attached to an aromatic ring is 1. The monoisotopic (exact) mass is 583 g/mol. The van der Waals surface area contributed by atoms with E-state index in [-0.39, 0.29) is 23.1 Å². The first-order valence-corrected chi connectivity index (χ1v) is 14.7. The molecular weight excluding hydrogens is 529 g/mol. The Morgan fingerprint density at radius 2 is 1.36 bits per heavy atom. The molecule has 42 heavy (non-hydrogen) atoms. The Balaban J connectivity index is 0.000000592. The van der Waals surface area contributed by atoms with E-state index in [4.69, 9.17) is 20.3 Å². The Morgan fingerprint density at radius 3 is 1.76 bits per heavy atom. The van der Waals surface area contributed by atoms with Gasteiger partial charge in [0.1, 0.15) is 5.75 Å². The zero-order valence-electron chi connectivity index (χ0n) is 27.7. The molecule has 0 amide bonds. The molecule has 0 spiro atoms. The average Bonchev–Trinajstić information content (AvgIpc) is 2.92. The highest BCUT2D eigenvalue weighted by molar-refractivity contribution is 5.66. The van der Waals surface area contributed by atoms with E-state index in [2.05, 4.69) is 46.8 Å². The van der Waals surface area contributed by atoms with Gasteiger partial charge in [-0.2, -0.15) is 0 Å². The van der Waals surface area contributed by atoms with Crippen LogP contribution in [0.1, 0.15) is 105 Å². The van der Waals surface area contributed by atoms with Crippen molar-refractivity contribution in [2.75, 3.05) is 19.5 Å². The van der Waals surface area contributed by atoms with E-state index in [0.717, 1.165) is 17.0 Å². The number of rotatable bonds is 7. The molecule has 0 atom stereocenters. The van der Waals surface area contributed by atoms with Gasteiger partial charge in [0, 0.05) is 12.1 Å². The van der Waals surface area contributed by atoms with Gasteiger partial charge in [-0.15, -0.1) is 0 Å². The Hall–Kier alpha value is -3.54. The first kappa shape index (κ1) is 38.5. The van der Waals surface area contributed by atoms with Gasteiger partial charge in [0.25, 0.3) is 0 Å². The number of carboxylic acid groups (broad SMARTS) is 1. The minimum atomic E-state index is -0.779. The molecule has 0 radical (unpaired) electrons. The zero-order valence-corrected chi connectivity index (χ0v) is 27.7. The van der Waals surface area contributed by atoms with Crippen molar-refractivity contribution in [3.63, 3.8) is 0 Å². The summed E-state index contributed by atoms with van der Waals surface area (Å²) in [6, 6.07) is 21.1. The minimum Gasteiger partial charge on any atom is -0.494 e. The van der Waals surface area contributed by atoms with Gasteiger partial charge in [-0.05, 0) is 76.3 Å². The predicted octanol–water partition coefficient (Wildman–Crippen LogP) is 9.78. The van der Waals surface area contributed by atoms with Gasteiger partial charge in [-0.1, -0.05) is 99.6 Å². The molecule has 5 nitrogen and oxygen atoms in total. The van der Waals surface area contributed by atoms with Crippen LogP contribution in [0.2, 0.25) is 0 Å². The summed E-state index contributed by atoms with van der Waals surface area (Å²) >= 11 is 0. The summed E-state index contributed by atoms with van der Waals surface area (Å²) in [5.74, 6) is 0.539. The Morgan fingerprint density at radius 1 is 0.857 bits per heavy atom. The molecule has 0 aliphatic rings. The van der Waals surface area contributed by atoms with E-state index in [0.29, 0.717) is 24.7 Å². The summed E-state index contributed by atoms with van der Waals surface area (Å²) in [5, 5.41) is 8.45. The lowest BCUT2D eigenvalue weighted by molar-refractivity contribution is -0.137. The summed E-state index contributed by atoms with van der Waals surface area (Å²) in [7, 11) is 1.47. The van der Waals surface area contributed by atoms with Crippen LogP contribution in [0.5, 0.6) is 11.5 Å². The molecule has 0 aliphatic carbocycles. The summed E-state index contributed by atoms with van der Waals surface area (Å²) in [5.41, 5.74) is 10.2. The molecule has 0 saturated carbocycles. The molecule has 0 aromatic heterocycles. The number of halogens is 1. The standard InChI is InChI=1S/C13H18O3.C11H15FO.C10H15N.C2H6/c1-10(2)11-5-7-12(8-6-11)16-9-3-4-13(14)15;1-11(2,3)8-5-6-10(13-4)9(12)7-8;1-10(2,3)8-4-6-9(11)7-5-8;1-2/h5-8,10H,3-4,9H2,1-2H3,(H,14,15);5-7H,1-4H3;4-7H,11H2,1-3H3;1-2H3. The third-order valence-electron chi connectivity index (χ3n) is 6.15. The van der Waals surface area contributed by atoms with Gasteiger partial charge in [0.05, 0.1) is 13.7 Å². The second-order valence-corrected chi connectivity index (χ2v) is 12.0. The van der Waals surface area contributed by atoms with Crippen molar-refractivity contribution in [3.05, 3.63) is 89.2 Å². The summed E-state index contributed by atoms with van der Waals surface area (Å²) in [6.45, 7) is 21.5. The minimum absolute atomic E-state index is 0.0207. The molecule has 3 aromatic carbocycles. The number of hydrogen-bond donors (Lipinski definition) is 2. The molecule has 0 heterocycles. The molecule has 3 N–H and O–H groups in total. The van der Waals surface area contributed by atoms with Crippen molar-refractivity contribution in [1.82, 2.24) is 0 Å². The fourth-order valence-electron chi connectivity index (χ4n) is 3.48. The molecule has 0 aliphatic heterocycles. The lowest BCUT2D eigenvalue weighted by atomic mass is 9.87. The number of anilines is 1. The van der Waals surface area contributed by atoms with E-state index in [1.807, 2.05) is 77.1 Å². The summed E-state index contributed by atoms with van der Waals surface area (Å²) in [6.07, 6.45) is 0.700. The van der Waals surface area contributed by atoms with Crippen LogP contribution < -0.4 is 15.2 Å². The molecule has 0 bridgehead atoms.